The summed E-state index contributed by atoms with van der Waals surface area (Å²) in [5.74, 6) is -1.37. The van der Waals surface area contributed by atoms with Crippen molar-refractivity contribution in [1.82, 2.24) is 25.5 Å². The van der Waals surface area contributed by atoms with E-state index in [1.807, 2.05) is 36.4 Å². The van der Waals surface area contributed by atoms with Gasteiger partial charge < -0.3 is 30.4 Å². The molecule has 3 amide bonds. The Balaban J connectivity index is 1.55. The molecule has 1 aromatic heterocycles. The summed E-state index contributed by atoms with van der Waals surface area (Å²) in [6, 6.07) is 7.99. The molecule has 2 heterocycles. The first kappa shape index (κ1) is 35.4. The number of ether oxygens (including phenoxy) is 1. The van der Waals surface area contributed by atoms with Gasteiger partial charge in [0, 0.05) is 31.4 Å². The van der Waals surface area contributed by atoms with Crippen LogP contribution in [0.15, 0.2) is 55.5 Å². The van der Waals surface area contributed by atoms with Gasteiger partial charge in [0.15, 0.2) is 0 Å². The number of carbonyl (C=O) groups is 3. The zero-order valence-electron chi connectivity index (χ0n) is 27.5. The molecule has 5 atom stereocenters. The van der Waals surface area contributed by atoms with Crippen LogP contribution in [0.4, 0.5) is 0 Å². The maximum absolute atomic E-state index is 14.1. The van der Waals surface area contributed by atoms with Crippen LogP contribution in [0.3, 0.4) is 0 Å². The smallest absolute Gasteiger partial charge is 0.243 e. The number of aromatic amines is 1. The highest BCUT2D eigenvalue weighted by Gasteiger charge is 2.36. The average Bonchev–Trinajstić information content (AvgIpc) is 3.59. The van der Waals surface area contributed by atoms with Crippen LogP contribution in [0.1, 0.15) is 70.1 Å². The molecule has 2 aromatic rings. The molecule has 1 aromatic carbocycles. The van der Waals surface area contributed by atoms with Crippen LogP contribution >= 0.6 is 0 Å². The molecule has 1 unspecified atom stereocenters. The lowest BCUT2D eigenvalue weighted by Gasteiger charge is -2.33. The van der Waals surface area contributed by atoms with Crippen molar-refractivity contribution in [2.45, 2.75) is 89.8 Å². The Labute approximate surface area is 273 Å². The van der Waals surface area contributed by atoms with Gasteiger partial charge in [-0.2, -0.15) is 0 Å². The van der Waals surface area contributed by atoms with Gasteiger partial charge in [0.1, 0.15) is 12.0 Å². The predicted octanol–water partition coefficient (Wildman–Crippen LogP) is 3.82. The summed E-state index contributed by atoms with van der Waals surface area (Å²) in [5.41, 5.74) is 1.53. The van der Waals surface area contributed by atoms with Crippen molar-refractivity contribution in [1.29, 1.82) is 0 Å². The fourth-order valence-electron chi connectivity index (χ4n) is 6.71. The van der Waals surface area contributed by atoms with Gasteiger partial charge >= 0.3 is 0 Å². The number of nitrogens with one attached hydrogen (secondary N) is 3. The van der Waals surface area contributed by atoms with Crippen LogP contribution in [0.5, 0.6) is 0 Å². The van der Waals surface area contributed by atoms with Crippen molar-refractivity contribution >= 4 is 17.7 Å². The Morgan fingerprint density at radius 1 is 1.07 bits per heavy atom. The van der Waals surface area contributed by atoms with E-state index in [1.54, 1.807) is 11.1 Å². The Bertz CT molecular complexity index is 1220. The number of carbonyl (C=O) groups excluding carboxylic acids is 3. The third-order valence-electron chi connectivity index (χ3n) is 9.61. The highest BCUT2D eigenvalue weighted by molar-refractivity contribution is 6.02. The summed E-state index contributed by atoms with van der Waals surface area (Å²) in [4.78, 5) is 50.7. The molecule has 4 rings (SSSR count). The van der Waals surface area contributed by atoms with Crippen molar-refractivity contribution < 1.29 is 24.2 Å². The number of aromatic nitrogens is 2. The summed E-state index contributed by atoms with van der Waals surface area (Å²) in [6.45, 7) is 9.86. The molecule has 1 saturated carbocycles. The highest BCUT2D eigenvalue weighted by atomic mass is 16.5. The van der Waals surface area contributed by atoms with Crippen molar-refractivity contribution in [3.63, 3.8) is 0 Å². The summed E-state index contributed by atoms with van der Waals surface area (Å²) in [7, 11) is 0. The maximum atomic E-state index is 14.1. The molecule has 252 valence electrons. The number of imidazole rings is 1. The third-order valence-corrected chi connectivity index (χ3v) is 9.61. The predicted molar refractivity (Wildman–Crippen MR) is 178 cm³/mol. The van der Waals surface area contributed by atoms with E-state index in [4.69, 9.17) is 4.74 Å². The van der Waals surface area contributed by atoms with Crippen molar-refractivity contribution in [3.05, 3.63) is 66.8 Å². The minimum Gasteiger partial charge on any atom is -0.391 e. The Hall–Kier alpha value is -3.50. The van der Waals surface area contributed by atoms with E-state index >= 15 is 0 Å². The van der Waals surface area contributed by atoms with Gasteiger partial charge in [-0.15, -0.1) is 6.58 Å². The van der Waals surface area contributed by atoms with Gasteiger partial charge in [-0.3, -0.25) is 14.4 Å². The molecule has 1 aliphatic carbocycles. The standard InChI is InChI=1S/C36H53N5O5/c1-4-28(25(2)3)21-33(42)31(20-27-13-9-6-10-14-27)39-35(44)32(22-29-23-37-24-38-29)40-34(43)30(19-26-11-7-5-8-12-26)36(45)41-15-17-46-18-16-41/h4-5,7-8,11-12,23-25,27-28,30-33,42H,1,6,9-10,13-22H2,2-3H3,(H,37,38)(H,39,44)(H,40,43)/t28-,30?,31-,32-,33-/m0/s1. The number of morpholine rings is 1. The van der Waals surface area contributed by atoms with Crippen molar-refractivity contribution in [2.24, 2.45) is 23.7 Å². The van der Waals surface area contributed by atoms with Crippen LogP contribution in [0.25, 0.3) is 0 Å². The molecular weight excluding hydrogens is 582 g/mol. The monoisotopic (exact) mass is 635 g/mol. The number of H-pyrrole nitrogens is 1. The molecule has 2 aliphatic rings. The number of amides is 3. The number of hydrogen-bond acceptors (Lipinski definition) is 6. The minimum absolute atomic E-state index is 0.103. The lowest BCUT2D eigenvalue weighted by atomic mass is 9.81. The molecule has 0 bridgehead atoms. The van der Waals surface area contributed by atoms with E-state index in [1.165, 1.54) is 12.7 Å². The molecule has 10 heteroatoms. The zero-order valence-corrected chi connectivity index (χ0v) is 27.5. The van der Waals surface area contributed by atoms with E-state index in [9.17, 15) is 19.5 Å². The van der Waals surface area contributed by atoms with Gasteiger partial charge in [-0.1, -0.05) is 82.4 Å². The first-order valence-electron chi connectivity index (χ1n) is 17.0. The van der Waals surface area contributed by atoms with E-state index < -0.39 is 30.0 Å². The van der Waals surface area contributed by atoms with Crippen LogP contribution in [-0.4, -0.2) is 82.2 Å². The number of allylic oxidation sites excluding steroid dienone is 1. The number of benzene rings is 1. The molecule has 0 radical (unpaired) electrons. The normalized spacial score (nSPS) is 19.1. The van der Waals surface area contributed by atoms with Crippen LogP contribution in [-0.2, 0) is 32.0 Å². The minimum atomic E-state index is -1.01. The zero-order chi connectivity index (χ0) is 32.9. The first-order valence-corrected chi connectivity index (χ1v) is 17.0. The van der Waals surface area contributed by atoms with Crippen LogP contribution in [0, 0.1) is 23.7 Å². The summed E-state index contributed by atoms with van der Waals surface area (Å²) in [5, 5.41) is 17.6. The van der Waals surface area contributed by atoms with Crippen LogP contribution < -0.4 is 10.6 Å². The third kappa shape index (κ3) is 10.5. The SMILES string of the molecule is C=C[C@@H](C[C@H](O)[C@H](CC1CCCCC1)NC(=O)[C@H](Cc1cnc[nH]1)NC(=O)C(Cc1ccccc1)C(=O)N1CCOCC1)C(C)C. The molecule has 4 N–H and O–H groups in total. The molecule has 46 heavy (non-hydrogen) atoms. The molecule has 1 saturated heterocycles. The molecule has 1 aliphatic heterocycles. The van der Waals surface area contributed by atoms with E-state index in [0.29, 0.717) is 56.7 Å². The molecular formula is C36H53N5O5. The second-order valence-corrected chi connectivity index (χ2v) is 13.3. The maximum Gasteiger partial charge on any atom is 0.243 e. The first-order chi connectivity index (χ1) is 22.2. The topological polar surface area (TPSA) is 137 Å². The largest absolute Gasteiger partial charge is 0.391 e. The van der Waals surface area contributed by atoms with Gasteiger partial charge in [0.05, 0.1) is 31.7 Å². The van der Waals surface area contributed by atoms with Crippen LogP contribution in [0.2, 0.25) is 0 Å². The highest BCUT2D eigenvalue weighted by Crippen LogP contribution is 2.30. The number of rotatable bonds is 16. The second-order valence-electron chi connectivity index (χ2n) is 13.3. The van der Waals surface area contributed by atoms with Gasteiger partial charge in [0.2, 0.25) is 17.7 Å². The van der Waals surface area contributed by atoms with Gasteiger partial charge in [0.25, 0.3) is 0 Å². The van der Waals surface area contributed by atoms with Gasteiger partial charge in [-0.05, 0) is 42.6 Å². The molecule has 0 spiro atoms. The van der Waals surface area contributed by atoms with Crippen molar-refractivity contribution in [3.8, 4) is 0 Å². The molecule has 10 nitrogen and oxygen atoms in total. The van der Waals surface area contributed by atoms with Crippen molar-refractivity contribution in [2.75, 3.05) is 26.3 Å². The molecule has 2 fully saturated rings. The van der Waals surface area contributed by atoms with E-state index in [-0.39, 0.29) is 30.6 Å². The quantitative estimate of drug-likeness (QED) is 0.164. The Morgan fingerprint density at radius 2 is 1.78 bits per heavy atom. The number of aliphatic hydroxyl groups excluding tert-OH is 1. The van der Waals surface area contributed by atoms with E-state index in [2.05, 4.69) is 41.0 Å². The fraction of sp³-hybridized carbons (Fsp3) is 0.611. The Kier molecular flexibility index (Phi) is 13.8. The van der Waals surface area contributed by atoms with E-state index in [0.717, 1.165) is 31.2 Å². The number of hydrogen-bond donors (Lipinski definition) is 4. The number of aliphatic hydroxyl groups is 1. The lowest BCUT2D eigenvalue weighted by molar-refractivity contribution is -0.146. The lowest BCUT2D eigenvalue weighted by Crippen LogP contribution is -2.56. The average molecular weight is 636 g/mol. The summed E-state index contributed by atoms with van der Waals surface area (Å²) in [6.07, 6.45) is 11.5. The fourth-order valence-corrected chi connectivity index (χ4v) is 6.71. The van der Waals surface area contributed by atoms with Gasteiger partial charge in [-0.25, -0.2) is 4.98 Å². The number of nitrogens with zero attached hydrogens (tertiary/aromatic N) is 2. The summed E-state index contributed by atoms with van der Waals surface area (Å²) < 4.78 is 5.44. The second kappa shape index (κ2) is 18.0. The Morgan fingerprint density at radius 3 is 2.41 bits per heavy atom. The summed E-state index contributed by atoms with van der Waals surface area (Å²) >= 11 is 0.